The van der Waals surface area contributed by atoms with Crippen molar-refractivity contribution in [3.63, 3.8) is 0 Å². The maximum Gasteiger partial charge on any atom is 0.240 e. The minimum atomic E-state index is -3.60. The fourth-order valence-corrected chi connectivity index (χ4v) is 3.83. The van der Waals surface area contributed by atoms with Crippen molar-refractivity contribution in [3.05, 3.63) is 44.9 Å². The fraction of sp³-hybridized carbons (Fsp3) is 0.308. The summed E-state index contributed by atoms with van der Waals surface area (Å²) >= 11 is 7.43. The summed E-state index contributed by atoms with van der Waals surface area (Å²) in [6.45, 7) is 2.39. The molecule has 0 atom stereocenters. The third-order valence-electron chi connectivity index (χ3n) is 2.91. The Bertz CT molecular complexity index is 729. The summed E-state index contributed by atoms with van der Waals surface area (Å²) in [5, 5.41) is 1.20. The van der Waals surface area contributed by atoms with Crippen LogP contribution in [0.5, 0.6) is 0 Å². The van der Waals surface area contributed by atoms with Gasteiger partial charge < -0.3 is 5.73 Å². The van der Waals surface area contributed by atoms with E-state index in [1.54, 1.807) is 6.20 Å². The summed E-state index contributed by atoms with van der Waals surface area (Å²) in [5.74, 6) is 0. The van der Waals surface area contributed by atoms with Gasteiger partial charge in [0.05, 0.1) is 11.4 Å². The lowest BCUT2D eigenvalue weighted by Gasteiger charge is -2.08. The Hall–Kier alpha value is -0.990. The first-order chi connectivity index (χ1) is 9.96. The van der Waals surface area contributed by atoms with Crippen molar-refractivity contribution >= 4 is 33.0 Å². The lowest BCUT2D eigenvalue weighted by Crippen LogP contribution is -2.23. The third kappa shape index (κ3) is 4.02. The van der Waals surface area contributed by atoms with E-state index < -0.39 is 10.0 Å². The minimum absolute atomic E-state index is 0.152. The molecule has 0 fully saturated rings. The molecule has 0 spiro atoms. The van der Waals surface area contributed by atoms with Crippen molar-refractivity contribution in [1.82, 2.24) is 9.71 Å². The van der Waals surface area contributed by atoms with Crippen LogP contribution in [-0.4, -0.2) is 13.4 Å². The zero-order chi connectivity index (χ0) is 15.5. The van der Waals surface area contributed by atoms with Crippen molar-refractivity contribution in [1.29, 1.82) is 0 Å². The molecular formula is C13H16ClN3O2S2. The van der Waals surface area contributed by atoms with Crippen molar-refractivity contribution in [2.75, 3.05) is 0 Å². The van der Waals surface area contributed by atoms with Crippen LogP contribution in [0.15, 0.2) is 29.3 Å². The van der Waals surface area contributed by atoms with Crippen LogP contribution in [0, 0.1) is 0 Å². The molecule has 0 bridgehead atoms. The van der Waals surface area contributed by atoms with Crippen molar-refractivity contribution in [2.45, 2.75) is 31.3 Å². The number of nitrogens with zero attached hydrogens (tertiary/aromatic N) is 1. The highest BCUT2D eigenvalue weighted by Crippen LogP contribution is 2.20. The highest BCUT2D eigenvalue weighted by Gasteiger charge is 2.16. The van der Waals surface area contributed by atoms with E-state index in [4.69, 9.17) is 17.3 Å². The molecule has 8 heteroatoms. The Morgan fingerprint density at radius 1 is 1.43 bits per heavy atom. The first-order valence-electron chi connectivity index (χ1n) is 6.38. The minimum Gasteiger partial charge on any atom is -0.326 e. The molecule has 0 aliphatic rings. The second-order valence-corrected chi connectivity index (χ2v) is 7.73. The molecular weight excluding hydrogens is 330 g/mol. The highest BCUT2D eigenvalue weighted by atomic mass is 35.5. The number of thiazole rings is 1. The molecule has 1 heterocycles. The molecule has 0 radical (unpaired) electrons. The zero-order valence-corrected chi connectivity index (χ0v) is 13.9. The average Bonchev–Trinajstić information content (AvgIpc) is 2.93. The van der Waals surface area contributed by atoms with Gasteiger partial charge in [-0.05, 0) is 30.2 Å². The topological polar surface area (TPSA) is 85.1 Å². The number of nitrogens with one attached hydrogen (secondary N) is 1. The first-order valence-corrected chi connectivity index (χ1v) is 9.05. The zero-order valence-electron chi connectivity index (χ0n) is 11.5. The molecule has 0 amide bonds. The van der Waals surface area contributed by atoms with Gasteiger partial charge in [-0.3, -0.25) is 0 Å². The van der Waals surface area contributed by atoms with Crippen LogP contribution < -0.4 is 10.5 Å². The largest absolute Gasteiger partial charge is 0.326 e. The van der Waals surface area contributed by atoms with Crippen molar-refractivity contribution in [3.8, 4) is 0 Å². The van der Waals surface area contributed by atoms with Crippen LogP contribution in [0.3, 0.4) is 0 Å². The Labute approximate surface area is 133 Å². The number of aryl methyl sites for hydroxylation is 1. The van der Waals surface area contributed by atoms with Crippen molar-refractivity contribution < 1.29 is 8.42 Å². The van der Waals surface area contributed by atoms with E-state index >= 15 is 0 Å². The molecule has 1 aromatic carbocycles. The Kier molecular flexibility index (Phi) is 5.34. The van der Waals surface area contributed by atoms with Crippen LogP contribution in [0.2, 0.25) is 5.02 Å². The average molecular weight is 346 g/mol. The van der Waals surface area contributed by atoms with E-state index in [1.807, 2.05) is 6.92 Å². The van der Waals surface area contributed by atoms with Crippen LogP contribution in [0.25, 0.3) is 0 Å². The number of rotatable bonds is 6. The van der Waals surface area contributed by atoms with Gasteiger partial charge in [0.1, 0.15) is 5.01 Å². The molecule has 0 aliphatic carbocycles. The molecule has 0 saturated carbocycles. The van der Waals surface area contributed by atoms with Gasteiger partial charge >= 0.3 is 0 Å². The van der Waals surface area contributed by atoms with Gasteiger partial charge in [0, 0.05) is 22.6 Å². The van der Waals surface area contributed by atoms with Crippen LogP contribution in [0.4, 0.5) is 0 Å². The smallest absolute Gasteiger partial charge is 0.240 e. The molecule has 0 aliphatic heterocycles. The Morgan fingerprint density at radius 3 is 2.81 bits per heavy atom. The molecule has 2 aromatic rings. The van der Waals surface area contributed by atoms with Gasteiger partial charge in [-0.2, -0.15) is 0 Å². The number of hydrogen-bond acceptors (Lipinski definition) is 5. The van der Waals surface area contributed by atoms with Gasteiger partial charge in [0.2, 0.25) is 10.0 Å². The first kappa shape index (κ1) is 16.4. The van der Waals surface area contributed by atoms with E-state index in [1.165, 1.54) is 29.5 Å². The normalized spacial score (nSPS) is 11.8. The van der Waals surface area contributed by atoms with E-state index in [9.17, 15) is 8.42 Å². The number of halogens is 1. The molecule has 0 saturated heterocycles. The quantitative estimate of drug-likeness (QED) is 0.841. The van der Waals surface area contributed by atoms with Crippen LogP contribution >= 0.6 is 22.9 Å². The summed E-state index contributed by atoms with van der Waals surface area (Å²) in [6.07, 6.45) is 2.66. The van der Waals surface area contributed by atoms with E-state index in [2.05, 4.69) is 9.71 Å². The second-order valence-electron chi connectivity index (χ2n) is 4.36. The highest BCUT2D eigenvalue weighted by molar-refractivity contribution is 7.89. The van der Waals surface area contributed by atoms with E-state index in [-0.39, 0.29) is 18.0 Å². The predicted octanol–water partition coefficient (Wildman–Crippen LogP) is 2.30. The SMILES string of the molecule is CCc1cnc(CNS(=O)(=O)c2ccc(Cl)c(CN)c2)s1. The van der Waals surface area contributed by atoms with Gasteiger partial charge in [0.15, 0.2) is 0 Å². The monoisotopic (exact) mass is 345 g/mol. The van der Waals surface area contributed by atoms with E-state index in [0.717, 1.165) is 16.3 Å². The lowest BCUT2D eigenvalue weighted by atomic mass is 10.2. The molecule has 5 nitrogen and oxygen atoms in total. The number of hydrogen-bond donors (Lipinski definition) is 2. The summed E-state index contributed by atoms with van der Waals surface area (Å²) in [6, 6.07) is 4.49. The maximum atomic E-state index is 12.2. The second kappa shape index (κ2) is 6.85. The molecule has 2 rings (SSSR count). The standard InChI is InChI=1S/C13H16ClN3O2S2/c1-2-10-7-16-13(20-10)8-17-21(18,19)11-3-4-12(14)9(5-11)6-15/h3-5,7,17H,2,6,8,15H2,1H3. The molecule has 21 heavy (non-hydrogen) atoms. The summed E-state index contributed by atoms with van der Waals surface area (Å²) in [7, 11) is -3.60. The van der Waals surface area contributed by atoms with Gasteiger partial charge in [-0.1, -0.05) is 18.5 Å². The summed E-state index contributed by atoms with van der Waals surface area (Å²) in [4.78, 5) is 5.46. The molecule has 3 N–H and O–H groups in total. The van der Waals surface area contributed by atoms with Gasteiger partial charge in [0.25, 0.3) is 0 Å². The summed E-state index contributed by atoms with van der Waals surface area (Å²) in [5.41, 5.74) is 6.14. The maximum absolute atomic E-state index is 12.2. The summed E-state index contributed by atoms with van der Waals surface area (Å²) < 4.78 is 27.0. The number of benzene rings is 1. The van der Waals surface area contributed by atoms with Crippen LogP contribution in [0.1, 0.15) is 22.4 Å². The van der Waals surface area contributed by atoms with Gasteiger partial charge in [-0.15, -0.1) is 11.3 Å². The number of nitrogens with two attached hydrogens (primary N) is 1. The molecule has 0 unspecified atom stereocenters. The predicted molar refractivity (Wildman–Crippen MR) is 84.9 cm³/mol. The Balaban J connectivity index is 2.14. The van der Waals surface area contributed by atoms with Gasteiger partial charge in [-0.25, -0.2) is 18.1 Å². The number of sulfonamides is 1. The Morgan fingerprint density at radius 2 is 2.19 bits per heavy atom. The van der Waals surface area contributed by atoms with Crippen molar-refractivity contribution in [2.24, 2.45) is 5.73 Å². The molecule has 1 aromatic heterocycles. The lowest BCUT2D eigenvalue weighted by molar-refractivity contribution is 0.581. The third-order valence-corrected chi connectivity index (χ3v) is 5.82. The fourth-order valence-electron chi connectivity index (χ4n) is 1.71. The van der Waals surface area contributed by atoms with E-state index in [0.29, 0.717) is 10.6 Å². The van der Waals surface area contributed by atoms with Crippen LogP contribution in [-0.2, 0) is 29.5 Å². The number of aromatic nitrogens is 1. The molecule has 114 valence electrons.